The fourth-order valence-corrected chi connectivity index (χ4v) is 0.767. The van der Waals surface area contributed by atoms with E-state index in [0.717, 1.165) is 6.42 Å². The maximum Gasteiger partial charge on any atom is 0.242 e. The van der Waals surface area contributed by atoms with Crippen LogP contribution in [0.2, 0.25) is 0 Å². The predicted octanol–water partition coefficient (Wildman–Crippen LogP) is -1.02. The van der Waals surface area contributed by atoms with E-state index in [1.807, 2.05) is 6.92 Å². The number of amides is 2. The van der Waals surface area contributed by atoms with Crippen LogP contribution in [0.25, 0.3) is 0 Å². The van der Waals surface area contributed by atoms with E-state index in [-0.39, 0.29) is 18.4 Å². The van der Waals surface area contributed by atoms with E-state index in [4.69, 9.17) is 5.73 Å². The number of hydrogen-bond acceptors (Lipinski definition) is 3. The van der Waals surface area contributed by atoms with E-state index >= 15 is 0 Å². The molecular weight excluding hydrogens is 170 g/mol. The number of hydrogen-bond donors (Lipinski definition) is 3. The molecule has 2 amide bonds. The Morgan fingerprint density at radius 3 is 2.54 bits per heavy atom. The lowest BCUT2D eigenvalue weighted by Crippen LogP contribution is -2.46. The summed E-state index contributed by atoms with van der Waals surface area (Å²) in [6, 6.07) is -0.511. The van der Waals surface area contributed by atoms with Gasteiger partial charge in [0.1, 0.15) is 6.04 Å². The lowest BCUT2D eigenvalue weighted by Gasteiger charge is -2.12. The number of nitrogens with one attached hydrogen (secondary N) is 2. The van der Waals surface area contributed by atoms with Crippen LogP contribution in [0.4, 0.5) is 0 Å². The summed E-state index contributed by atoms with van der Waals surface area (Å²) in [7, 11) is 0. The molecule has 1 atom stereocenters. The van der Waals surface area contributed by atoms with Crippen LogP contribution in [-0.4, -0.2) is 30.9 Å². The second-order valence-electron chi connectivity index (χ2n) is 2.78. The van der Waals surface area contributed by atoms with Gasteiger partial charge in [-0.1, -0.05) is 6.92 Å². The van der Waals surface area contributed by atoms with Gasteiger partial charge in [0, 0.05) is 6.54 Å². The highest BCUT2D eigenvalue weighted by Gasteiger charge is 2.13. The van der Waals surface area contributed by atoms with Gasteiger partial charge in [0.25, 0.3) is 0 Å². The topological polar surface area (TPSA) is 84.2 Å². The summed E-state index contributed by atoms with van der Waals surface area (Å²) >= 11 is 0. The van der Waals surface area contributed by atoms with E-state index in [2.05, 4.69) is 10.6 Å². The van der Waals surface area contributed by atoms with Crippen LogP contribution in [0.3, 0.4) is 0 Å². The molecular formula is C8H17N3O2. The van der Waals surface area contributed by atoms with Crippen LogP contribution in [0.5, 0.6) is 0 Å². The Morgan fingerprint density at radius 2 is 2.08 bits per heavy atom. The van der Waals surface area contributed by atoms with Crippen molar-refractivity contribution in [2.24, 2.45) is 5.73 Å². The second kappa shape index (κ2) is 6.42. The van der Waals surface area contributed by atoms with Gasteiger partial charge in [-0.3, -0.25) is 9.59 Å². The molecule has 0 rings (SSSR count). The molecule has 5 nitrogen and oxygen atoms in total. The average molecular weight is 187 g/mol. The quantitative estimate of drug-likeness (QED) is 0.515. The molecule has 0 aromatic heterocycles. The Morgan fingerprint density at radius 1 is 1.46 bits per heavy atom. The van der Waals surface area contributed by atoms with Crippen molar-refractivity contribution in [3.05, 3.63) is 0 Å². The second-order valence-corrected chi connectivity index (χ2v) is 2.78. The Balaban J connectivity index is 3.75. The van der Waals surface area contributed by atoms with Crippen molar-refractivity contribution >= 4 is 11.8 Å². The standard InChI is InChI=1S/C8H17N3O2/c1-3-4-10-8(13)6(2)11-7(12)5-9/h6H,3-5,9H2,1-2H3,(H,10,13)(H,11,12). The van der Waals surface area contributed by atoms with Gasteiger partial charge in [0.2, 0.25) is 11.8 Å². The van der Waals surface area contributed by atoms with Crippen LogP contribution in [0.15, 0.2) is 0 Å². The van der Waals surface area contributed by atoms with Crippen LogP contribution in [0, 0.1) is 0 Å². The first kappa shape index (κ1) is 11.9. The van der Waals surface area contributed by atoms with Crippen LogP contribution < -0.4 is 16.4 Å². The Kier molecular flexibility index (Phi) is 5.88. The van der Waals surface area contributed by atoms with E-state index < -0.39 is 6.04 Å². The van der Waals surface area contributed by atoms with Gasteiger partial charge < -0.3 is 16.4 Å². The largest absolute Gasteiger partial charge is 0.354 e. The maximum absolute atomic E-state index is 11.2. The molecule has 76 valence electrons. The third-order valence-corrected chi connectivity index (χ3v) is 1.51. The summed E-state index contributed by atoms with van der Waals surface area (Å²) in [5, 5.41) is 5.13. The molecule has 13 heavy (non-hydrogen) atoms. The smallest absolute Gasteiger partial charge is 0.242 e. The zero-order valence-electron chi connectivity index (χ0n) is 8.09. The molecule has 4 N–H and O–H groups in total. The Labute approximate surface area is 78.1 Å². The summed E-state index contributed by atoms with van der Waals surface area (Å²) in [6.07, 6.45) is 0.878. The van der Waals surface area contributed by atoms with Crippen molar-refractivity contribution in [1.82, 2.24) is 10.6 Å². The highest BCUT2D eigenvalue weighted by atomic mass is 16.2. The monoisotopic (exact) mass is 187 g/mol. The van der Waals surface area contributed by atoms with Gasteiger partial charge in [0.15, 0.2) is 0 Å². The Hall–Kier alpha value is -1.10. The third kappa shape index (κ3) is 5.19. The average Bonchev–Trinajstić information content (AvgIpc) is 2.13. The number of rotatable bonds is 5. The molecule has 5 heteroatoms. The van der Waals surface area contributed by atoms with Gasteiger partial charge in [-0.05, 0) is 13.3 Å². The predicted molar refractivity (Wildman–Crippen MR) is 50.0 cm³/mol. The first-order chi connectivity index (χ1) is 6.11. The summed E-state index contributed by atoms with van der Waals surface area (Å²) in [4.78, 5) is 22.0. The van der Waals surface area contributed by atoms with Crippen molar-refractivity contribution in [2.75, 3.05) is 13.1 Å². The van der Waals surface area contributed by atoms with E-state index in [1.165, 1.54) is 0 Å². The minimum atomic E-state index is -0.511. The first-order valence-electron chi connectivity index (χ1n) is 4.39. The Bertz CT molecular complexity index is 182. The lowest BCUT2D eigenvalue weighted by atomic mass is 10.3. The van der Waals surface area contributed by atoms with Crippen molar-refractivity contribution < 1.29 is 9.59 Å². The molecule has 0 aromatic carbocycles. The fraction of sp³-hybridized carbons (Fsp3) is 0.750. The van der Waals surface area contributed by atoms with Crippen molar-refractivity contribution in [2.45, 2.75) is 26.3 Å². The maximum atomic E-state index is 11.2. The fourth-order valence-electron chi connectivity index (χ4n) is 0.767. The van der Waals surface area contributed by atoms with Gasteiger partial charge in [0.05, 0.1) is 6.54 Å². The molecule has 0 aliphatic rings. The number of carbonyl (C=O) groups is 2. The van der Waals surface area contributed by atoms with Crippen molar-refractivity contribution in [3.63, 3.8) is 0 Å². The van der Waals surface area contributed by atoms with E-state index in [0.29, 0.717) is 6.54 Å². The van der Waals surface area contributed by atoms with E-state index in [9.17, 15) is 9.59 Å². The molecule has 0 bridgehead atoms. The van der Waals surface area contributed by atoms with Gasteiger partial charge >= 0.3 is 0 Å². The van der Waals surface area contributed by atoms with Crippen molar-refractivity contribution in [3.8, 4) is 0 Å². The molecule has 1 unspecified atom stereocenters. The molecule has 0 spiro atoms. The van der Waals surface area contributed by atoms with Gasteiger partial charge in [-0.2, -0.15) is 0 Å². The van der Waals surface area contributed by atoms with Crippen LogP contribution >= 0.6 is 0 Å². The van der Waals surface area contributed by atoms with Gasteiger partial charge in [-0.25, -0.2) is 0 Å². The molecule has 0 aliphatic heterocycles. The highest BCUT2D eigenvalue weighted by Crippen LogP contribution is 1.82. The van der Waals surface area contributed by atoms with Crippen LogP contribution in [-0.2, 0) is 9.59 Å². The highest BCUT2D eigenvalue weighted by molar-refractivity contribution is 5.87. The zero-order chi connectivity index (χ0) is 10.3. The molecule has 0 aliphatic carbocycles. The molecule has 0 aromatic rings. The first-order valence-corrected chi connectivity index (χ1v) is 4.39. The summed E-state index contributed by atoms with van der Waals surface area (Å²) in [5.74, 6) is -0.497. The normalized spacial score (nSPS) is 11.9. The minimum absolute atomic E-state index is 0.0919. The third-order valence-electron chi connectivity index (χ3n) is 1.51. The number of nitrogens with two attached hydrogens (primary N) is 1. The number of carbonyl (C=O) groups excluding carboxylic acids is 2. The molecule has 0 saturated carbocycles. The molecule has 0 fully saturated rings. The molecule has 0 heterocycles. The van der Waals surface area contributed by atoms with Gasteiger partial charge in [-0.15, -0.1) is 0 Å². The minimum Gasteiger partial charge on any atom is -0.354 e. The summed E-state index contributed by atoms with van der Waals surface area (Å²) in [6.45, 7) is 4.12. The lowest BCUT2D eigenvalue weighted by molar-refractivity contribution is -0.127. The van der Waals surface area contributed by atoms with E-state index in [1.54, 1.807) is 6.92 Å². The van der Waals surface area contributed by atoms with Crippen molar-refractivity contribution in [1.29, 1.82) is 0 Å². The molecule has 0 radical (unpaired) electrons. The molecule has 0 saturated heterocycles. The SMILES string of the molecule is CCCNC(=O)C(C)NC(=O)CN. The van der Waals surface area contributed by atoms with Crippen LogP contribution in [0.1, 0.15) is 20.3 Å². The zero-order valence-corrected chi connectivity index (χ0v) is 8.09. The summed E-state index contributed by atoms with van der Waals surface area (Å²) in [5.41, 5.74) is 5.08. The summed E-state index contributed by atoms with van der Waals surface area (Å²) < 4.78 is 0.